The first kappa shape index (κ1) is 12.3. The van der Waals surface area contributed by atoms with E-state index >= 15 is 0 Å². The van der Waals surface area contributed by atoms with Crippen LogP contribution in [0.25, 0.3) is 0 Å². The lowest BCUT2D eigenvalue weighted by Crippen LogP contribution is -1.97. The average molecular weight is 259 g/mol. The summed E-state index contributed by atoms with van der Waals surface area (Å²) in [4.78, 5) is 0. The van der Waals surface area contributed by atoms with Gasteiger partial charge in [0.15, 0.2) is 0 Å². The minimum Gasteiger partial charge on any atom is -0.489 e. The number of benzene rings is 2. The van der Waals surface area contributed by atoms with Gasteiger partial charge in [-0.1, -0.05) is 29.8 Å². The first-order valence-corrected chi connectivity index (χ1v) is 5.74. The van der Waals surface area contributed by atoms with E-state index in [1.54, 1.807) is 18.2 Å². The normalized spacial score (nSPS) is 9.78. The molecule has 2 N–H and O–H groups in total. The van der Waals surface area contributed by atoms with Crippen molar-refractivity contribution in [2.45, 2.75) is 6.61 Å². The van der Waals surface area contributed by atoms with Crippen molar-refractivity contribution >= 4 is 17.3 Å². The maximum absolute atomic E-state index is 8.87. The van der Waals surface area contributed by atoms with E-state index in [1.165, 1.54) is 0 Å². The van der Waals surface area contributed by atoms with Gasteiger partial charge in [0, 0.05) is 16.3 Å². The topological polar surface area (TPSA) is 59.0 Å². The Morgan fingerprint density at radius 3 is 2.72 bits per heavy atom. The van der Waals surface area contributed by atoms with Crippen LogP contribution in [0.5, 0.6) is 5.75 Å². The Morgan fingerprint density at radius 1 is 1.22 bits per heavy atom. The predicted molar refractivity (Wildman–Crippen MR) is 71.4 cm³/mol. The van der Waals surface area contributed by atoms with Crippen LogP contribution < -0.4 is 10.5 Å². The summed E-state index contributed by atoms with van der Waals surface area (Å²) in [5.41, 5.74) is 7.39. The second-order valence-electron chi connectivity index (χ2n) is 3.74. The van der Waals surface area contributed by atoms with Crippen molar-refractivity contribution in [3.05, 3.63) is 58.6 Å². The molecule has 18 heavy (non-hydrogen) atoms. The zero-order valence-corrected chi connectivity index (χ0v) is 10.3. The fourth-order valence-corrected chi connectivity index (χ4v) is 1.69. The summed E-state index contributed by atoms with van der Waals surface area (Å²) < 4.78 is 5.58. The van der Waals surface area contributed by atoms with Crippen molar-refractivity contribution in [2.24, 2.45) is 0 Å². The van der Waals surface area contributed by atoms with Crippen molar-refractivity contribution in [3.8, 4) is 11.8 Å². The predicted octanol–water partition coefficient (Wildman–Crippen LogP) is 3.37. The molecule has 0 aliphatic rings. The summed E-state index contributed by atoms with van der Waals surface area (Å²) in [5.74, 6) is 0.598. The molecule has 0 amide bonds. The Hall–Kier alpha value is -2.18. The highest BCUT2D eigenvalue weighted by molar-refractivity contribution is 6.31. The van der Waals surface area contributed by atoms with Gasteiger partial charge in [0.1, 0.15) is 18.4 Å². The van der Waals surface area contributed by atoms with E-state index < -0.39 is 0 Å². The lowest BCUT2D eigenvalue weighted by atomic mass is 10.2. The summed E-state index contributed by atoms with van der Waals surface area (Å²) in [5, 5.41) is 9.53. The number of nitrogens with two attached hydrogens (primary N) is 1. The molecule has 0 aromatic heterocycles. The van der Waals surface area contributed by atoms with Crippen LogP contribution in [0.15, 0.2) is 42.5 Å². The molecule has 0 heterocycles. The van der Waals surface area contributed by atoms with Gasteiger partial charge < -0.3 is 10.5 Å². The Kier molecular flexibility index (Phi) is 3.71. The number of ether oxygens (including phenoxy) is 1. The minimum atomic E-state index is 0.356. The molecule has 0 aliphatic carbocycles. The SMILES string of the molecule is N#Cc1cc(OCc2ccccc2Cl)ccc1N. The van der Waals surface area contributed by atoms with Crippen molar-refractivity contribution in [2.75, 3.05) is 5.73 Å². The highest BCUT2D eigenvalue weighted by atomic mass is 35.5. The number of halogens is 1. The zero-order valence-electron chi connectivity index (χ0n) is 9.56. The third-order valence-electron chi connectivity index (χ3n) is 2.50. The maximum atomic E-state index is 8.87. The van der Waals surface area contributed by atoms with Gasteiger partial charge in [-0.3, -0.25) is 0 Å². The molecule has 0 aliphatic heterocycles. The van der Waals surface area contributed by atoms with Gasteiger partial charge in [0.05, 0.1) is 5.56 Å². The number of nitrogen functional groups attached to an aromatic ring is 1. The largest absolute Gasteiger partial charge is 0.489 e. The Labute approximate surface area is 110 Å². The molecule has 0 radical (unpaired) electrons. The summed E-state index contributed by atoms with van der Waals surface area (Å²) in [6.07, 6.45) is 0. The number of anilines is 1. The average Bonchev–Trinajstić information content (AvgIpc) is 2.39. The van der Waals surface area contributed by atoms with E-state index in [0.29, 0.717) is 28.6 Å². The standard InChI is InChI=1S/C14H11ClN2O/c15-13-4-2-1-3-10(13)9-18-12-5-6-14(17)11(7-12)8-16/h1-7H,9,17H2. The van der Waals surface area contributed by atoms with Crippen LogP contribution in [0, 0.1) is 11.3 Å². The van der Waals surface area contributed by atoms with Gasteiger partial charge >= 0.3 is 0 Å². The van der Waals surface area contributed by atoms with Gasteiger partial charge in [-0.15, -0.1) is 0 Å². The maximum Gasteiger partial charge on any atom is 0.121 e. The fraction of sp³-hybridized carbons (Fsp3) is 0.0714. The molecule has 0 spiro atoms. The Bertz CT molecular complexity index is 605. The number of hydrogen-bond donors (Lipinski definition) is 1. The van der Waals surface area contributed by atoms with Gasteiger partial charge in [0.2, 0.25) is 0 Å². The molecule has 0 saturated carbocycles. The molecule has 0 bridgehead atoms. The molecule has 0 atom stereocenters. The van der Waals surface area contributed by atoms with Crippen LogP contribution >= 0.6 is 11.6 Å². The smallest absolute Gasteiger partial charge is 0.121 e. The molecule has 2 rings (SSSR count). The molecule has 0 fully saturated rings. The van der Waals surface area contributed by atoms with Gasteiger partial charge in [-0.2, -0.15) is 5.26 Å². The Morgan fingerprint density at radius 2 is 2.00 bits per heavy atom. The van der Waals surface area contributed by atoms with Crippen LogP contribution in [0.4, 0.5) is 5.69 Å². The number of rotatable bonds is 3. The van der Waals surface area contributed by atoms with E-state index in [1.807, 2.05) is 30.3 Å². The van der Waals surface area contributed by atoms with Gasteiger partial charge in [-0.25, -0.2) is 0 Å². The van der Waals surface area contributed by atoms with E-state index in [0.717, 1.165) is 5.56 Å². The molecule has 90 valence electrons. The lowest BCUT2D eigenvalue weighted by Gasteiger charge is -2.08. The lowest BCUT2D eigenvalue weighted by molar-refractivity contribution is 0.306. The fourth-order valence-electron chi connectivity index (χ4n) is 1.50. The third-order valence-corrected chi connectivity index (χ3v) is 2.87. The minimum absolute atomic E-state index is 0.356. The van der Waals surface area contributed by atoms with Crippen molar-refractivity contribution in [1.29, 1.82) is 5.26 Å². The van der Waals surface area contributed by atoms with Crippen molar-refractivity contribution < 1.29 is 4.74 Å². The van der Waals surface area contributed by atoms with Crippen LogP contribution in [-0.2, 0) is 6.61 Å². The first-order chi connectivity index (χ1) is 8.70. The molecule has 3 nitrogen and oxygen atoms in total. The summed E-state index contributed by atoms with van der Waals surface area (Å²) >= 11 is 6.02. The quantitative estimate of drug-likeness (QED) is 0.859. The van der Waals surface area contributed by atoms with E-state index in [2.05, 4.69) is 0 Å². The summed E-state index contributed by atoms with van der Waals surface area (Å²) in [6.45, 7) is 0.356. The van der Waals surface area contributed by atoms with E-state index in [4.69, 9.17) is 27.3 Å². The van der Waals surface area contributed by atoms with Crippen LogP contribution in [0.1, 0.15) is 11.1 Å². The van der Waals surface area contributed by atoms with Crippen molar-refractivity contribution in [1.82, 2.24) is 0 Å². The highest BCUT2D eigenvalue weighted by Crippen LogP contribution is 2.21. The van der Waals surface area contributed by atoms with Gasteiger partial charge in [-0.05, 0) is 24.3 Å². The Balaban J connectivity index is 2.12. The van der Waals surface area contributed by atoms with Gasteiger partial charge in [0.25, 0.3) is 0 Å². The molecule has 4 heteroatoms. The molecule has 0 saturated heterocycles. The number of hydrogen-bond acceptors (Lipinski definition) is 3. The van der Waals surface area contributed by atoms with Crippen molar-refractivity contribution in [3.63, 3.8) is 0 Å². The highest BCUT2D eigenvalue weighted by Gasteiger charge is 2.03. The monoisotopic (exact) mass is 258 g/mol. The molecular weight excluding hydrogens is 248 g/mol. The molecular formula is C14H11ClN2O. The molecule has 2 aromatic carbocycles. The van der Waals surface area contributed by atoms with E-state index in [9.17, 15) is 0 Å². The van der Waals surface area contributed by atoms with E-state index in [-0.39, 0.29) is 0 Å². The van der Waals surface area contributed by atoms with Crippen LogP contribution in [0.3, 0.4) is 0 Å². The molecule has 0 unspecified atom stereocenters. The first-order valence-electron chi connectivity index (χ1n) is 5.36. The number of nitrogens with zero attached hydrogens (tertiary/aromatic N) is 1. The van der Waals surface area contributed by atoms with Crippen LogP contribution in [-0.4, -0.2) is 0 Å². The summed E-state index contributed by atoms with van der Waals surface area (Å²) in [6, 6.07) is 14.5. The third kappa shape index (κ3) is 2.73. The zero-order chi connectivity index (χ0) is 13.0. The number of nitriles is 1. The summed E-state index contributed by atoms with van der Waals surface area (Å²) in [7, 11) is 0. The molecule has 2 aromatic rings. The second-order valence-corrected chi connectivity index (χ2v) is 4.15. The van der Waals surface area contributed by atoms with Crippen LogP contribution in [0.2, 0.25) is 5.02 Å². The second kappa shape index (κ2) is 5.44.